The third-order valence-corrected chi connectivity index (χ3v) is 2.81. The summed E-state index contributed by atoms with van der Waals surface area (Å²) >= 11 is 0. The molecular formula is C14H14N4O. The van der Waals surface area contributed by atoms with Crippen LogP contribution < -0.4 is 10.5 Å². The predicted molar refractivity (Wildman–Crippen MR) is 73.9 cm³/mol. The van der Waals surface area contributed by atoms with E-state index in [1.54, 1.807) is 6.20 Å². The number of hydrogen-bond acceptors (Lipinski definition) is 4. The van der Waals surface area contributed by atoms with E-state index in [0.29, 0.717) is 18.3 Å². The number of anilines is 1. The Morgan fingerprint density at radius 1 is 1.21 bits per heavy atom. The van der Waals surface area contributed by atoms with Crippen molar-refractivity contribution in [1.29, 1.82) is 0 Å². The van der Waals surface area contributed by atoms with Gasteiger partial charge >= 0.3 is 0 Å². The maximum absolute atomic E-state index is 5.71. The van der Waals surface area contributed by atoms with Crippen LogP contribution >= 0.6 is 0 Å². The normalized spacial score (nSPS) is 10.7. The second kappa shape index (κ2) is 4.97. The average molecular weight is 254 g/mol. The number of imidazole rings is 1. The Balaban J connectivity index is 1.65. The van der Waals surface area contributed by atoms with E-state index in [4.69, 9.17) is 10.5 Å². The Kier molecular flexibility index (Phi) is 3.02. The summed E-state index contributed by atoms with van der Waals surface area (Å²) < 4.78 is 5.59. The molecule has 0 atom stereocenters. The average Bonchev–Trinajstić information content (AvgIpc) is 2.82. The lowest BCUT2D eigenvalue weighted by Gasteiger charge is -2.01. The van der Waals surface area contributed by atoms with Crippen LogP contribution in [0.5, 0.6) is 6.01 Å². The second-order valence-corrected chi connectivity index (χ2v) is 4.24. The molecule has 0 spiro atoms. The van der Waals surface area contributed by atoms with Crippen molar-refractivity contribution in [2.75, 3.05) is 12.3 Å². The lowest BCUT2D eigenvalue weighted by Crippen LogP contribution is -2.03. The van der Waals surface area contributed by atoms with Crippen LogP contribution in [0.15, 0.2) is 42.6 Å². The van der Waals surface area contributed by atoms with E-state index < -0.39 is 0 Å². The van der Waals surface area contributed by atoms with Crippen molar-refractivity contribution >= 4 is 16.7 Å². The number of aromatic amines is 1. The summed E-state index contributed by atoms with van der Waals surface area (Å²) in [7, 11) is 0. The second-order valence-electron chi connectivity index (χ2n) is 4.24. The predicted octanol–water partition coefficient (Wildman–Crippen LogP) is 2.16. The van der Waals surface area contributed by atoms with E-state index in [0.717, 1.165) is 23.1 Å². The fourth-order valence-electron chi connectivity index (χ4n) is 1.87. The van der Waals surface area contributed by atoms with E-state index in [-0.39, 0.29) is 0 Å². The summed E-state index contributed by atoms with van der Waals surface area (Å²) in [6.45, 7) is 0.534. The van der Waals surface area contributed by atoms with Crippen LogP contribution in [0.4, 0.5) is 5.69 Å². The van der Waals surface area contributed by atoms with Crippen LogP contribution in [0, 0.1) is 0 Å². The molecule has 0 aliphatic rings. The first-order chi connectivity index (χ1) is 9.31. The molecular weight excluding hydrogens is 240 g/mol. The third kappa shape index (κ3) is 2.65. The topological polar surface area (TPSA) is 76.8 Å². The molecule has 1 aromatic carbocycles. The molecule has 5 nitrogen and oxygen atoms in total. The number of nitrogens with two attached hydrogens (primary N) is 1. The number of hydrogen-bond donors (Lipinski definition) is 2. The minimum atomic E-state index is 0.511. The van der Waals surface area contributed by atoms with E-state index in [9.17, 15) is 0 Å². The summed E-state index contributed by atoms with van der Waals surface area (Å²) in [4.78, 5) is 11.7. The first-order valence-electron chi connectivity index (χ1n) is 6.09. The minimum absolute atomic E-state index is 0.511. The monoisotopic (exact) mass is 254 g/mol. The Hall–Kier alpha value is -2.56. The van der Waals surface area contributed by atoms with E-state index >= 15 is 0 Å². The Morgan fingerprint density at radius 3 is 3.00 bits per heavy atom. The van der Waals surface area contributed by atoms with Crippen LogP contribution in [0.25, 0.3) is 11.0 Å². The van der Waals surface area contributed by atoms with Gasteiger partial charge in [-0.1, -0.05) is 6.07 Å². The van der Waals surface area contributed by atoms with Gasteiger partial charge < -0.3 is 15.5 Å². The van der Waals surface area contributed by atoms with Gasteiger partial charge in [-0.3, -0.25) is 4.98 Å². The zero-order valence-electron chi connectivity index (χ0n) is 10.3. The van der Waals surface area contributed by atoms with Crippen molar-refractivity contribution in [2.45, 2.75) is 6.42 Å². The van der Waals surface area contributed by atoms with E-state index in [1.807, 2.05) is 36.4 Å². The van der Waals surface area contributed by atoms with Gasteiger partial charge in [0.05, 0.1) is 17.6 Å². The molecule has 2 heterocycles. The molecule has 3 rings (SSSR count). The Labute approximate surface area is 110 Å². The molecule has 3 aromatic rings. The van der Waals surface area contributed by atoms with Crippen LogP contribution in [0.2, 0.25) is 0 Å². The molecule has 0 aliphatic heterocycles. The molecule has 0 radical (unpaired) electrons. The summed E-state index contributed by atoms with van der Waals surface area (Å²) in [5, 5.41) is 0. The van der Waals surface area contributed by atoms with Crippen LogP contribution in [-0.2, 0) is 6.42 Å². The highest BCUT2D eigenvalue weighted by Crippen LogP contribution is 2.18. The van der Waals surface area contributed by atoms with Crippen LogP contribution in [0.1, 0.15) is 5.69 Å². The number of ether oxygens (including phenoxy) is 1. The van der Waals surface area contributed by atoms with Gasteiger partial charge in [0.25, 0.3) is 6.01 Å². The van der Waals surface area contributed by atoms with Crippen molar-refractivity contribution in [1.82, 2.24) is 15.0 Å². The number of H-pyrrole nitrogens is 1. The third-order valence-electron chi connectivity index (χ3n) is 2.81. The van der Waals surface area contributed by atoms with E-state index in [1.165, 1.54) is 0 Å². The first kappa shape index (κ1) is 11.5. The maximum Gasteiger partial charge on any atom is 0.294 e. The van der Waals surface area contributed by atoms with Gasteiger partial charge in [-0.05, 0) is 30.3 Å². The number of pyridine rings is 1. The van der Waals surface area contributed by atoms with Gasteiger partial charge in [0.1, 0.15) is 0 Å². The molecule has 0 saturated heterocycles. The van der Waals surface area contributed by atoms with Gasteiger partial charge in [0.2, 0.25) is 0 Å². The van der Waals surface area contributed by atoms with Gasteiger partial charge in [-0.25, -0.2) is 0 Å². The molecule has 96 valence electrons. The summed E-state index contributed by atoms with van der Waals surface area (Å²) in [5.74, 6) is 0. The maximum atomic E-state index is 5.71. The largest absolute Gasteiger partial charge is 0.464 e. The van der Waals surface area contributed by atoms with Crippen molar-refractivity contribution < 1.29 is 4.74 Å². The standard InChI is InChI=1S/C14H14N4O/c15-10-4-5-12-13(9-10)18-14(17-12)19-8-6-11-3-1-2-7-16-11/h1-5,7,9H,6,8,15H2,(H,17,18). The van der Waals surface area contributed by atoms with Gasteiger partial charge in [-0.2, -0.15) is 4.98 Å². The van der Waals surface area contributed by atoms with E-state index in [2.05, 4.69) is 15.0 Å². The zero-order chi connectivity index (χ0) is 13.1. The molecule has 19 heavy (non-hydrogen) atoms. The highest BCUT2D eigenvalue weighted by Gasteiger charge is 2.04. The molecule has 0 saturated carbocycles. The molecule has 5 heteroatoms. The lowest BCUT2D eigenvalue weighted by molar-refractivity contribution is 0.299. The number of rotatable bonds is 4. The number of nitrogens with zero attached hydrogens (tertiary/aromatic N) is 2. The highest BCUT2D eigenvalue weighted by atomic mass is 16.5. The highest BCUT2D eigenvalue weighted by molar-refractivity contribution is 5.79. The van der Waals surface area contributed by atoms with Gasteiger partial charge in [0, 0.05) is 24.0 Å². The molecule has 2 aromatic heterocycles. The van der Waals surface area contributed by atoms with Gasteiger partial charge in [0.15, 0.2) is 0 Å². The minimum Gasteiger partial charge on any atom is -0.464 e. The first-order valence-corrected chi connectivity index (χ1v) is 6.09. The Bertz CT molecular complexity index is 678. The Morgan fingerprint density at radius 2 is 2.16 bits per heavy atom. The van der Waals surface area contributed by atoms with Crippen molar-refractivity contribution in [3.63, 3.8) is 0 Å². The number of nitrogens with one attached hydrogen (secondary N) is 1. The number of benzene rings is 1. The molecule has 0 aliphatic carbocycles. The molecule has 0 fully saturated rings. The quantitative estimate of drug-likeness (QED) is 0.699. The summed E-state index contributed by atoms with van der Waals surface area (Å²) in [6, 6.07) is 11.9. The SMILES string of the molecule is Nc1ccc2nc(OCCc3ccccn3)[nH]c2c1. The molecule has 0 amide bonds. The lowest BCUT2D eigenvalue weighted by atomic mass is 10.3. The van der Waals surface area contributed by atoms with Crippen molar-refractivity contribution in [2.24, 2.45) is 0 Å². The van der Waals surface area contributed by atoms with Crippen molar-refractivity contribution in [3.8, 4) is 6.01 Å². The summed E-state index contributed by atoms with van der Waals surface area (Å²) in [5.41, 5.74) is 9.15. The van der Waals surface area contributed by atoms with Crippen LogP contribution in [-0.4, -0.2) is 21.6 Å². The fourth-order valence-corrected chi connectivity index (χ4v) is 1.87. The zero-order valence-corrected chi connectivity index (χ0v) is 10.3. The number of aromatic nitrogens is 3. The number of nitrogen functional groups attached to an aromatic ring is 1. The summed E-state index contributed by atoms with van der Waals surface area (Å²) in [6.07, 6.45) is 2.53. The molecule has 0 unspecified atom stereocenters. The number of fused-ring (bicyclic) bond motifs is 1. The van der Waals surface area contributed by atoms with Gasteiger partial charge in [-0.15, -0.1) is 0 Å². The molecule has 0 bridgehead atoms. The smallest absolute Gasteiger partial charge is 0.294 e. The molecule has 3 N–H and O–H groups in total. The fraction of sp³-hybridized carbons (Fsp3) is 0.143. The van der Waals surface area contributed by atoms with Crippen LogP contribution in [0.3, 0.4) is 0 Å². The van der Waals surface area contributed by atoms with Crippen molar-refractivity contribution in [3.05, 3.63) is 48.3 Å².